The van der Waals surface area contributed by atoms with Crippen molar-refractivity contribution in [3.63, 3.8) is 0 Å². The predicted octanol–water partition coefficient (Wildman–Crippen LogP) is 3.85. The number of halogens is 3. The number of fused-ring (bicyclic) bond motifs is 1. The van der Waals surface area contributed by atoms with Crippen LogP contribution in [0, 0.1) is 16.4 Å². The van der Waals surface area contributed by atoms with Crippen LogP contribution >= 0.6 is 35.2 Å². The van der Waals surface area contributed by atoms with Crippen LogP contribution in [0.5, 0.6) is 0 Å². The summed E-state index contributed by atoms with van der Waals surface area (Å²) in [5.41, 5.74) is 2.84. The Labute approximate surface area is 166 Å². The van der Waals surface area contributed by atoms with Crippen LogP contribution < -0.4 is 5.32 Å². The molecule has 6 nitrogen and oxygen atoms in total. The molecule has 0 bridgehead atoms. The van der Waals surface area contributed by atoms with Gasteiger partial charge in [0.15, 0.2) is 4.77 Å². The van der Waals surface area contributed by atoms with Crippen molar-refractivity contribution in [3.05, 3.63) is 56.0 Å². The Bertz CT molecular complexity index is 1080. The number of carbonyl (C=O) groups excluding carboxylic acids is 1. The number of H-pyrrole nitrogens is 1. The van der Waals surface area contributed by atoms with Crippen molar-refractivity contribution in [3.8, 4) is 0 Å². The van der Waals surface area contributed by atoms with Gasteiger partial charge in [-0.2, -0.15) is 0 Å². The van der Waals surface area contributed by atoms with Crippen molar-refractivity contribution < 1.29 is 13.6 Å². The molecule has 1 aromatic carbocycles. The summed E-state index contributed by atoms with van der Waals surface area (Å²) in [4.78, 5) is 15.2. The third kappa shape index (κ3) is 3.40. The number of benzene rings is 1. The third-order valence-electron chi connectivity index (χ3n) is 4.45. The lowest BCUT2D eigenvalue weighted by atomic mass is 9.95. The number of aromatic amines is 1. The average Bonchev–Trinajstić information content (AvgIpc) is 3.32. The van der Waals surface area contributed by atoms with E-state index in [-0.39, 0.29) is 22.9 Å². The predicted molar refractivity (Wildman–Crippen MR) is 99.7 cm³/mol. The van der Waals surface area contributed by atoms with E-state index in [0.29, 0.717) is 28.6 Å². The van der Waals surface area contributed by atoms with Gasteiger partial charge < -0.3 is 14.9 Å². The van der Waals surface area contributed by atoms with Crippen LogP contribution in [0.15, 0.2) is 17.6 Å². The molecular weight excluding hydrogens is 416 g/mol. The summed E-state index contributed by atoms with van der Waals surface area (Å²) < 4.78 is 30.8. The van der Waals surface area contributed by atoms with Crippen molar-refractivity contribution in [1.29, 1.82) is 0 Å². The quantitative estimate of drug-likeness (QED) is 0.490. The molecule has 1 amide bonds. The van der Waals surface area contributed by atoms with Crippen molar-refractivity contribution in [2.24, 2.45) is 0 Å². The van der Waals surface area contributed by atoms with Gasteiger partial charge in [-0.05, 0) is 30.8 Å². The molecule has 0 spiro atoms. The van der Waals surface area contributed by atoms with E-state index in [4.69, 9.17) is 23.8 Å². The first-order valence-corrected chi connectivity index (χ1v) is 9.60. The molecule has 27 heavy (non-hydrogen) atoms. The van der Waals surface area contributed by atoms with Crippen LogP contribution in [0.4, 0.5) is 13.9 Å². The van der Waals surface area contributed by atoms with Crippen LogP contribution in [0.3, 0.4) is 0 Å². The standard InChI is InChI=1S/C16H12ClF2N5OS2/c17-8-1-2-9(18)13(14(8)19)7-3-11-10(21-16(26)24(11)5-7)4-12(25)22-15-23-20-6-27-15/h1-2,6-7H,3-5H2,(H,21,26)(H,22,23,25). The van der Waals surface area contributed by atoms with Gasteiger partial charge >= 0.3 is 0 Å². The van der Waals surface area contributed by atoms with Gasteiger partial charge in [-0.1, -0.05) is 22.9 Å². The van der Waals surface area contributed by atoms with E-state index in [1.807, 2.05) is 0 Å². The Morgan fingerprint density at radius 2 is 2.30 bits per heavy atom. The van der Waals surface area contributed by atoms with Gasteiger partial charge in [0.1, 0.15) is 17.1 Å². The molecule has 140 valence electrons. The largest absolute Gasteiger partial charge is 0.334 e. The molecule has 0 saturated carbocycles. The van der Waals surface area contributed by atoms with E-state index < -0.39 is 17.6 Å². The lowest BCUT2D eigenvalue weighted by molar-refractivity contribution is -0.115. The van der Waals surface area contributed by atoms with Crippen molar-refractivity contribution >= 4 is 46.2 Å². The second-order valence-corrected chi connectivity index (χ2v) is 7.72. The summed E-state index contributed by atoms with van der Waals surface area (Å²) >= 11 is 12.3. The maximum atomic E-state index is 14.4. The van der Waals surface area contributed by atoms with Gasteiger partial charge in [0, 0.05) is 29.4 Å². The fourth-order valence-corrected chi connectivity index (χ4v) is 4.24. The minimum Gasteiger partial charge on any atom is -0.334 e. The molecule has 4 rings (SSSR count). The molecule has 0 aliphatic carbocycles. The van der Waals surface area contributed by atoms with Gasteiger partial charge in [0.2, 0.25) is 11.0 Å². The molecule has 3 heterocycles. The molecule has 0 fully saturated rings. The average molecular weight is 428 g/mol. The summed E-state index contributed by atoms with van der Waals surface area (Å²) in [5, 5.41) is 10.3. The number of aromatic nitrogens is 4. The number of amides is 1. The first-order valence-electron chi connectivity index (χ1n) is 7.94. The number of carbonyl (C=O) groups is 1. The number of anilines is 1. The van der Waals surface area contributed by atoms with E-state index in [2.05, 4.69) is 20.5 Å². The van der Waals surface area contributed by atoms with Crippen molar-refractivity contribution in [2.75, 3.05) is 5.32 Å². The Hall–Kier alpha value is -2.17. The van der Waals surface area contributed by atoms with Crippen LogP contribution in [0.1, 0.15) is 22.9 Å². The molecule has 1 atom stereocenters. The Kier molecular flexibility index (Phi) is 4.79. The molecule has 2 N–H and O–H groups in total. The molecule has 11 heteroatoms. The fraction of sp³-hybridized carbons (Fsp3) is 0.250. The first kappa shape index (κ1) is 18.2. The number of nitrogens with zero attached hydrogens (tertiary/aromatic N) is 3. The summed E-state index contributed by atoms with van der Waals surface area (Å²) in [6, 6.07) is 2.35. The zero-order valence-corrected chi connectivity index (χ0v) is 16.0. The third-order valence-corrected chi connectivity index (χ3v) is 5.67. The number of hydrogen-bond donors (Lipinski definition) is 2. The van der Waals surface area contributed by atoms with Gasteiger partial charge in [-0.25, -0.2) is 8.78 Å². The SMILES string of the molecule is O=C(Cc1[nH]c(=S)n2c1CC(c1c(F)ccc(Cl)c1F)C2)Nc1nncs1. The Morgan fingerprint density at radius 1 is 1.48 bits per heavy atom. The molecule has 2 aromatic heterocycles. The van der Waals surface area contributed by atoms with Gasteiger partial charge in [-0.3, -0.25) is 4.79 Å². The Balaban J connectivity index is 1.58. The zero-order chi connectivity index (χ0) is 19.1. The minimum atomic E-state index is -0.752. The van der Waals surface area contributed by atoms with E-state index >= 15 is 0 Å². The highest BCUT2D eigenvalue weighted by molar-refractivity contribution is 7.71. The van der Waals surface area contributed by atoms with Crippen LogP contribution in [-0.4, -0.2) is 25.7 Å². The van der Waals surface area contributed by atoms with E-state index in [9.17, 15) is 13.6 Å². The summed E-state index contributed by atoms with van der Waals surface area (Å²) in [6.07, 6.45) is 0.390. The van der Waals surface area contributed by atoms with E-state index in [0.717, 1.165) is 11.8 Å². The highest BCUT2D eigenvalue weighted by Crippen LogP contribution is 2.36. The summed E-state index contributed by atoms with van der Waals surface area (Å²) in [7, 11) is 0. The van der Waals surface area contributed by atoms with Gasteiger partial charge in [0.25, 0.3) is 0 Å². The zero-order valence-electron chi connectivity index (χ0n) is 13.6. The van der Waals surface area contributed by atoms with Crippen molar-refractivity contribution in [1.82, 2.24) is 19.7 Å². The lowest BCUT2D eigenvalue weighted by Crippen LogP contribution is -2.15. The maximum absolute atomic E-state index is 14.4. The first-order chi connectivity index (χ1) is 12.9. The van der Waals surface area contributed by atoms with Crippen LogP contribution in [0.2, 0.25) is 5.02 Å². The normalized spacial score (nSPS) is 15.7. The molecule has 1 aliphatic heterocycles. The van der Waals surface area contributed by atoms with Gasteiger partial charge in [-0.15, -0.1) is 10.2 Å². The molecule has 1 unspecified atom stereocenters. The number of imidazole rings is 1. The number of hydrogen-bond acceptors (Lipinski definition) is 5. The molecule has 1 aliphatic rings. The van der Waals surface area contributed by atoms with E-state index in [1.165, 1.54) is 22.9 Å². The number of rotatable bonds is 4. The second-order valence-electron chi connectivity index (χ2n) is 6.09. The number of nitrogens with one attached hydrogen (secondary N) is 2. The maximum Gasteiger partial charge on any atom is 0.232 e. The highest BCUT2D eigenvalue weighted by atomic mass is 35.5. The monoisotopic (exact) mass is 427 g/mol. The molecule has 0 saturated heterocycles. The van der Waals surface area contributed by atoms with Gasteiger partial charge in [0.05, 0.1) is 11.4 Å². The fourth-order valence-electron chi connectivity index (χ4n) is 3.31. The van der Waals surface area contributed by atoms with Crippen molar-refractivity contribution in [2.45, 2.75) is 25.3 Å². The Morgan fingerprint density at radius 3 is 3.04 bits per heavy atom. The smallest absolute Gasteiger partial charge is 0.232 e. The molecular formula is C16H12ClF2N5OS2. The summed E-state index contributed by atoms with van der Waals surface area (Å²) in [5.74, 6) is -2.12. The van der Waals surface area contributed by atoms with Crippen LogP contribution in [0.25, 0.3) is 0 Å². The van der Waals surface area contributed by atoms with Crippen LogP contribution in [-0.2, 0) is 24.2 Å². The topological polar surface area (TPSA) is 75.6 Å². The minimum absolute atomic E-state index is 0.0405. The molecule has 0 radical (unpaired) electrons. The molecule has 3 aromatic rings. The summed E-state index contributed by atoms with van der Waals surface area (Å²) in [6.45, 7) is 0.316. The highest BCUT2D eigenvalue weighted by Gasteiger charge is 2.32. The lowest BCUT2D eigenvalue weighted by Gasteiger charge is -2.13. The second kappa shape index (κ2) is 7.10. The van der Waals surface area contributed by atoms with E-state index in [1.54, 1.807) is 4.57 Å².